The van der Waals surface area contributed by atoms with Crippen molar-refractivity contribution in [1.82, 2.24) is 20.3 Å². The number of pyridine rings is 1. The number of hydrogen-bond donors (Lipinski definition) is 2. The summed E-state index contributed by atoms with van der Waals surface area (Å²) in [6.07, 6.45) is 9.29. The Morgan fingerprint density at radius 3 is 2.26 bits per heavy atom. The van der Waals surface area contributed by atoms with Crippen LogP contribution in [0.15, 0.2) is 90.5 Å². The van der Waals surface area contributed by atoms with Gasteiger partial charge in [0.2, 0.25) is 5.91 Å². The number of nitrogens with one attached hydrogen (secondary N) is 2. The zero-order valence-electron chi connectivity index (χ0n) is 19.0. The molecule has 6 heteroatoms. The van der Waals surface area contributed by atoms with Crippen LogP contribution in [0.3, 0.4) is 0 Å². The predicted octanol–water partition coefficient (Wildman–Crippen LogP) is 5.74. The maximum absolute atomic E-state index is 14.0. The predicted molar refractivity (Wildman–Crippen MR) is 137 cm³/mol. The van der Waals surface area contributed by atoms with Gasteiger partial charge in [-0.2, -0.15) is 0 Å². The molecule has 0 spiro atoms. The molecule has 2 heterocycles. The molecule has 1 aliphatic rings. The third-order valence-electron chi connectivity index (χ3n) is 6.52. The molecule has 0 unspecified atom stereocenters. The topological polar surface area (TPSA) is 70.7 Å². The minimum Gasteiger partial charge on any atom is -0.349 e. The monoisotopic (exact) mass is 468 g/mol. The van der Waals surface area contributed by atoms with Gasteiger partial charge in [-0.05, 0) is 47.2 Å². The molecule has 172 valence electrons. The second-order valence-electron chi connectivity index (χ2n) is 8.55. The SMILES string of the molecule is O=C(NCc1ccccn1)C1(CCCCCSc2ncc[nH]2)c2ccccc2-c2ccccc21. The molecule has 0 fully saturated rings. The molecule has 0 saturated carbocycles. The van der Waals surface area contributed by atoms with Gasteiger partial charge in [-0.15, -0.1) is 0 Å². The number of H-pyrrole nitrogens is 1. The van der Waals surface area contributed by atoms with Gasteiger partial charge < -0.3 is 10.3 Å². The van der Waals surface area contributed by atoms with E-state index >= 15 is 0 Å². The van der Waals surface area contributed by atoms with E-state index in [9.17, 15) is 4.79 Å². The second kappa shape index (κ2) is 10.3. The molecule has 0 saturated heterocycles. The van der Waals surface area contributed by atoms with Crippen LogP contribution in [0.25, 0.3) is 11.1 Å². The van der Waals surface area contributed by atoms with E-state index < -0.39 is 5.41 Å². The number of amides is 1. The van der Waals surface area contributed by atoms with Crippen molar-refractivity contribution >= 4 is 17.7 Å². The lowest BCUT2D eigenvalue weighted by Crippen LogP contribution is -2.44. The number of unbranched alkanes of at least 4 members (excludes halogenated alkanes) is 2. The fourth-order valence-corrected chi connectivity index (χ4v) is 5.77. The van der Waals surface area contributed by atoms with Gasteiger partial charge in [0.05, 0.1) is 12.2 Å². The quantitative estimate of drug-likeness (QED) is 0.230. The van der Waals surface area contributed by atoms with Gasteiger partial charge in [0.15, 0.2) is 5.16 Å². The highest BCUT2D eigenvalue weighted by Crippen LogP contribution is 2.51. The van der Waals surface area contributed by atoms with Crippen LogP contribution in [0, 0.1) is 0 Å². The Balaban J connectivity index is 1.36. The number of rotatable bonds is 10. The molecule has 0 radical (unpaired) electrons. The summed E-state index contributed by atoms with van der Waals surface area (Å²) >= 11 is 1.75. The van der Waals surface area contributed by atoms with Crippen LogP contribution in [0.1, 0.15) is 42.5 Å². The summed E-state index contributed by atoms with van der Waals surface area (Å²) in [5.41, 5.74) is 4.73. The summed E-state index contributed by atoms with van der Waals surface area (Å²) in [7, 11) is 0. The van der Waals surface area contributed by atoms with Crippen molar-refractivity contribution in [3.8, 4) is 11.1 Å². The van der Waals surface area contributed by atoms with E-state index in [4.69, 9.17) is 0 Å². The molecule has 1 amide bonds. The molecule has 0 aliphatic heterocycles. The number of fused-ring (bicyclic) bond motifs is 3. The van der Waals surface area contributed by atoms with Gasteiger partial charge in [0.1, 0.15) is 5.41 Å². The van der Waals surface area contributed by atoms with Crippen LogP contribution in [-0.2, 0) is 16.8 Å². The summed E-state index contributed by atoms with van der Waals surface area (Å²) in [6, 6.07) is 22.5. The standard InChI is InChI=1S/C28H28N4OS/c33-26(32-20-21-10-6-8-16-29-21)28(15-7-1-9-19-34-27-30-17-18-31-27)24-13-4-2-11-22(24)23-12-3-5-14-25(23)28/h2-6,8,10-14,16-18H,1,7,9,15,19-20H2,(H,30,31)(H,32,33). The number of aromatic amines is 1. The first-order valence-electron chi connectivity index (χ1n) is 11.8. The molecule has 4 aromatic rings. The average molecular weight is 469 g/mol. The van der Waals surface area contributed by atoms with Crippen molar-refractivity contribution in [2.45, 2.75) is 42.8 Å². The number of benzene rings is 2. The number of nitrogens with zero attached hydrogens (tertiary/aromatic N) is 2. The average Bonchev–Trinajstić information content (AvgIpc) is 3.51. The molecular weight excluding hydrogens is 440 g/mol. The lowest BCUT2D eigenvalue weighted by Gasteiger charge is -2.31. The fraction of sp³-hybridized carbons (Fsp3) is 0.250. The minimum absolute atomic E-state index is 0.0560. The third-order valence-corrected chi connectivity index (χ3v) is 7.51. The Bertz CT molecular complexity index is 1190. The van der Waals surface area contributed by atoms with E-state index in [1.165, 1.54) is 11.1 Å². The van der Waals surface area contributed by atoms with E-state index in [1.807, 2.05) is 36.5 Å². The van der Waals surface area contributed by atoms with Crippen LogP contribution in [0.5, 0.6) is 0 Å². The first-order valence-corrected chi connectivity index (χ1v) is 12.8. The molecule has 0 atom stereocenters. The van der Waals surface area contributed by atoms with Crippen molar-refractivity contribution in [2.75, 3.05) is 5.75 Å². The van der Waals surface area contributed by atoms with E-state index in [0.717, 1.165) is 53.4 Å². The number of carbonyl (C=O) groups excluding carboxylic acids is 1. The molecule has 2 N–H and O–H groups in total. The first kappa shape index (κ1) is 22.4. The van der Waals surface area contributed by atoms with Crippen molar-refractivity contribution in [3.63, 3.8) is 0 Å². The zero-order chi connectivity index (χ0) is 23.2. The zero-order valence-corrected chi connectivity index (χ0v) is 19.9. The molecule has 34 heavy (non-hydrogen) atoms. The molecule has 1 aliphatic carbocycles. The van der Waals surface area contributed by atoms with Crippen LogP contribution in [0.4, 0.5) is 0 Å². The molecule has 5 rings (SSSR count). The van der Waals surface area contributed by atoms with Gasteiger partial charge in [0, 0.05) is 24.3 Å². The van der Waals surface area contributed by atoms with Crippen molar-refractivity contribution < 1.29 is 4.79 Å². The summed E-state index contributed by atoms with van der Waals surface area (Å²) in [6.45, 7) is 0.422. The van der Waals surface area contributed by atoms with Crippen molar-refractivity contribution in [3.05, 3.63) is 102 Å². The fourth-order valence-electron chi connectivity index (χ4n) is 4.94. The first-order chi connectivity index (χ1) is 16.8. The van der Waals surface area contributed by atoms with Crippen LogP contribution >= 0.6 is 11.8 Å². The van der Waals surface area contributed by atoms with E-state index in [-0.39, 0.29) is 5.91 Å². The third kappa shape index (κ3) is 4.38. The molecule has 2 aromatic heterocycles. The Morgan fingerprint density at radius 1 is 0.853 bits per heavy atom. The van der Waals surface area contributed by atoms with Crippen molar-refractivity contribution in [2.24, 2.45) is 0 Å². The Kier molecular flexibility index (Phi) is 6.77. The molecule has 2 aromatic carbocycles. The summed E-state index contributed by atoms with van der Waals surface area (Å²) in [5, 5.41) is 4.18. The highest BCUT2D eigenvalue weighted by Gasteiger charge is 2.48. The highest BCUT2D eigenvalue weighted by molar-refractivity contribution is 7.99. The van der Waals surface area contributed by atoms with Gasteiger partial charge in [-0.25, -0.2) is 4.98 Å². The van der Waals surface area contributed by atoms with Crippen LogP contribution in [-0.4, -0.2) is 26.6 Å². The van der Waals surface area contributed by atoms with Crippen LogP contribution < -0.4 is 5.32 Å². The maximum Gasteiger partial charge on any atom is 0.235 e. The number of aromatic nitrogens is 3. The minimum atomic E-state index is -0.684. The molecule has 0 bridgehead atoms. The Morgan fingerprint density at radius 2 is 1.59 bits per heavy atom. The number of carbonyl (C=O) groups is 1. The van der Waals surface area contributed by atoms with Crippen molar-refractivity contribution in [1.29, 1.82) is 0 Å². The lowest BCUT2D eigenvalue weighted by atomic mass is 9.73. The smallest absolute Gasteiger partial charge is 0.235 e. The van der Waals surface area contributed by atoms with Gasteiger partial charge in [-0.1, -0.05) is 79.2 Å². The van der Waals surface area contributed by atoms with E-state index in [0.29, 0.717) is 6.54 Å². The second-order valence-corrected chi connectivity index (χ2v) is 9.64. The van der Waals surface area contributed by atoms with Gasteiger partial charge in [-0.3, -0.25) is 9.78 Å². The van der Waals surface area contributed by atoms with Crippen LogP contribution in [0.2, 0.25) is 0 Å². The largest absolute Gasteiger partial charge is 0.349 e. The van der Waals surface area contributed by atoms with E-state index in [1.54, 1.807) is 24.2 Å². The van der Waals surface area contributed by atoms with Gasteiger partial charge in [0.25, 0.3) is 0 Å². The summed E-state index contributed by atoms with van der Waals surface area (Å²) in [4.78, 5) is 25.8. The number of thioether (sulfide) groups is 1. The Hall–Kier alpha value is -3.38. The summed E-state index contributed by atoms with van der Waals surface area (Å²) in [5.74, 6) is 1.07. The Labute approximate surface area is 204 Å². The molecule has 5 nitrogen and oxygen atoms in total. The number of imidazole rings is 1. The molecular formula is C28H28N4OS. The normalized spacial score (nSPS) is 13.3. The van der Waals surface area contributed by atoms with Gasteiger partial charge >= 0.3 is 0 Å². The van der Waals surface area contributed by atoms with E-state index in [2.05, 4.69) is 56.7 Å². The number of hydrogen-bond acceptors (Lipinski definition) is 4. The highest BCUT2D eigenvalue weighted by atomic mass is 32.2. The summed E-state index contributed by atoms with van der Waals surface area (Å²) < 4.78 is 0. The maximum atomic E-state index is 14.0. The lowest BCUT2D eigenvalue weighted by molar-refractivity contribution is -0.125.